The average Bonchev–Trinajstić information content (AvgIpc) is 2.93. The summed E-state index contributed by atoms with van der Waals surface area (Å²) in [5, 5.41) is 4.85. The van der Waals surface area contributed by atoms with E-state index in [1.165, 1.54) is 0 Å². The van der Waals surface area contributed by atoms with E-state index >= 15 is 0 Å². The van der Waals surface area contributed by atoms with E-state index in [4.69, 9.17) is 0 Å². The Kier molecular flexibility index (Phi) is 3.28. The van der Waals surface area contributed by atoms with Gasteiger partial charge in [0.1, 0.15) is 16.7 Å². The first kappa shape index (κ1) is 14.1. The molecule has 2 heterocycles. The Bertz CT molecular complexity index is 1130. The van der Waals surface area contributed by atoms with Gasteiger partial charge in [-0.15, -0.1) is 0 Å². The summed E-state index contributed by atoms with van der Waals surface area (Å²) >= 11 is 0. The number of fused-ring (bicyclic) bond motifs is 1. The molecule has 0 bridgehead atoms. The van der Waals surface area contributed by atoms with Gasteiger partial charge in [0, 0.05) is 5.56 Å². The lowest BCUT2D eigenvalue weighted by Gasteiger charge is -2.01. The highest BCUT2D eigenvalue weighted by Gasteiger charge is 2.17. The standard InChI is InChI=1S/C18H12N4O2/c23-14-11-19-18(24)15-16(12-7-3-1-4-8-12)21-22(17(15)20-14)13-9-5-2-6-10-13/h1-11H,(H,20,23). The maximum Gasteiger partial charge on any atom is 0.283 e. The number of nitrogens with zero attached hydrogens (tertiary/aromatic N) is 3. The van der Waals surface area contributed by atoms with E-state index in [0.717, 1.165) is 17.4 Å². The lowest BCUT2D eigenvalue weighted by molar-refractivity contribution is 0.898. The first-order valence-corrected chi connectivity index (χ1v) is 7.37. The van der Waals surface area contributed by atoms with Crippen molar-refractivity contribution in [2.75, 3.05) is 0 Å². The number of aromatic amines is 1. The van der Waals surface area contributed by atoms with E-state index in [2.05, 4.69) is 15.1 Å². The Balaban J connectivity index is 2.18. The van der Waals surface area contributed by atoms with Gasteiger partial charge < -0.3 is 4.98 Å². The van der Waals surface area contributed by atoms with Crippen LogP contribution in [0.3, 0.4) is 0 Å². The molecule has 6 heteroatoms. The van der Waals surface area contributed by atoms with E-state index < -0.39 is 11.1 Å². The predicted molar refractivity (Wildman–Crippen MR) is 91.2 cm³/mol. The number of hydrogen-bond acceptors (Lipinski definition) is 4. The molecule has 0 atom stereocenters. The largest absolute Gasteiger partial charge is 0.305 e. The van der Waals surface area contributed by atoms with E-state index in [-0.39, 0.29) is 5.39 Å². The van der Waals surface area contributed by atoms with E-state index in [9.17, 15) is 9.59 Å². The molecule has 0 spiro atoms. The number of para-hydroxylation sites is 1. The highest BCUT2D eigenvalue weighted by molar-refractivity contribution is 5.91. The minimum Gasteiger partial charge on any atom is -0.305 e. The second kappa shape index (κ2) is 5.58. The Morgan fingerprint density at radius 2 is 1.54 bits per heavy atom. The molecule has 0 aliphatic rings. The maximum atomic E-state index is 12.4. The van der Waals surface area contributed by atoms with Crippen molar-refractivity contribution in [3.8, 4) is 16.9 Å². The lowest BCUT2D eigenvalue weighted by atomic mass is 10.1. The molecule has 0 fully saturated rings. The molecule has 24 heavy (non-hydrogen) atoms. The Morgan fingerprint density at radius 3 is 2.25 bits per heavy atom. The molecule has 116 valence electrons. The van der Waals surface area contributed by atoms with Gasteiger partial charge in [-0.25, -0.2) is 9.67 Å². The molecular weight excluding hydrogens is 304 g/mol. The second-order valence-corrected chi connectivity index (χ2v) is 5.24. The highest BCUT2D eigenvalue weighted by atomic mass is 16.1. The molecule has 2 aromatic carbocycles. The van der Waals surface area contributed by atoms with Crippen molar-refractivity contribution in [2.45, 2.75) is 0 Å². The fourth-order valence-electron chi connectivity index (χ4n) is 2.62. The van der Waals surface area contributed by atoms with Gasteiger partial charge in [-0.1, -0.05) is 48.5 Å². The summed E-state index contributed by atoms with van der Waals surface area (Å²) in [6.45, 7) is 0. The van der Waals surface area contributed by atoms with Crippen LogP contribution in [0, 0.1) is 0 Å². The molecule has 2 aromatic heterocycles. The maximum absolute atomic E-state index is 12.4. The van der Waals surface area contributed by atoms with Gasteiger partial charge in [0.05, 0.1) is 11.9 Å². The zero-order valence-electron chi connectivity index (χ0n) is 12.5. The van der Waals surface area contributed by atoms with E-state index in [1.54, 1.807) is 4.68 Å². The van der Waals surface area contributed by atoms with Gasteiger partial charge in [0.2, 0.25) is 0 Å². The molecule has 0 saturated carbocycles. The quantitative estimate of drug-likeness (QED) is 0.614. The van der Waals surface area contributed by atoms with Gasteiger partial charge in [0.15, 0.2) is 0 Å². The second-order valence-electron chi connectivity index (χ2n) is 5.24. The Labute approximate surface area is 136 Å². The molecule has 6 nitrogen and oxygen atoms in total. The number of hydrogen-bond donors (Lipinski definition) is 1. The third-order valence-corrected chi connectivity index (χ3v) is 3.69. The van der Waals surface area contributed by atoms with Crippen LogP contribution in [0.25, 0.3) is 28.0 Å². The Morgan fingerprint density at radius 1 is 0.875 bits per heavy atom. The molecular formula is C18H12N4O2. The fourth-order valence-corrected chi connectivity index (χ4v) is 2.62. The highest BCUT2D eigenvalue weighted by Crippen LogP contribution is 2.25. The van der Waals surface area contributed by atoms with Gasteiger partial charge in [0.25, 0.3) is 11.1 Å². The molecule has 0 aliphatic carbocycles. The fraction of sp³-hybridized carbons (Fsp3) is 0. The third kappa shape index (κ3) is 2.30. The van der Waals surface area contributed by atoms with Crippen molar-refractivity contribution in [3.63, 3.8) is 0 Å². The number of H-pyrrole nitrogens is 1. The van der Waals surface area contributed by atoms with Gasteiger partial charge in [-0.3, -0.25) is 9.59 Å². The summed E-state index contributed by atoms with van der Waals surface area (Å²) in [7, 11) is 0. The SMILES string of the molecule is O=c1cnc(=O)c2c(-c3ccccc3)nn(-c3ccccc3)c2[nH]1. The van der Waals surface area contributed by atoms with Crippen molar-refractivity contribution < 1.29 is 0 Å². The van der Waals surface area contributed by atoms with Crippen molar-refractivity contribution >= 4 is 11.0 Å². The summed E-state index contributed by atoms with van der Waals surface area (Å²) in [6.07, 6.45) is 0.992. The minimum absolute atomic E-state index is 0.284. The van der Waals surface area contributed by atoms with E-state index in [1.807, 2.05) is 60.7 Å². The molecule has 4 rings (SSSR count). The van der Waals surface area contributed by atoms with Gasteiger partial charge in [-0.2, -0.15) is 5.10 Å². The average molecular weight is 316 g/mol. The van der Waals surface area contributed by atoms with Crippen LogP contribution in [0.15, 0.2) is 76.4 Å². The topological polar surface area (TPSA) is 80.6 Å². The van der Waals surface area contributed by atoms with Crippen LogP contribution in [-0.2, 0) is 0 Å². The normalized spacial score (nSPS) is 10.8. The number of rotatable bonds is 2. The monoisotopic (exact) mass is 316 g/mol. The molecule has 0 radical (unpaired) electrons. The number of aromatic nitrogens is 4. The van der Waals surface area contributed by atoms with Crippen LogP contribution in [0.5, 0.6) is 0 Å². The summed E-state index contributed by atoms with van der Waals surface area (Å²) in [4.78, 5) is 30.7. The first-order chi connectivity index (χ1) is 11.7. The van der Waals surface area contributed by atoms with E-state index in [0.29, 0.717) is 11.3 Å². The molecule has 0 saturated heterocycles. The zero-order valence-corrected chi connectivity index (χ0v) is 12.5. The summed E-state index contributed by atoms with van der Waals surface area (Å²) in [6, 6.07) is 18.7. The molecule has 0 unspecified atom stereocenters. The summed E-state index contributed by atoms with van der Waals surface area (Å²) < 4.78 is 1.56. The number of nitrogens with one attached hydrogen (secondary N) is 1. The Hall–Kier alpha value is -3.54. The first-order valence-electron chi connectivity index (χ1n) is 7.37. The van der Waals surface area contributed by atoms with Crippen molar-refractivity contribution in [1.82, 2.24) is 19.7 Å². The van der Waals surface area contributed by atoms with Crippen molar-refractivity contribution in [1.29, 1.82) is 0 Å². The minimum atomic E-state index is -0.496. The van der Waals surface area contributed by atoms with Crippen LogP contribution in [0.1, 0.15) is 0 Å². The number of benzene rings is 2. The molecule has 4 aromatic rings. The smallest absolute Gasteiger partial charge is 0.283 e. The van der Waals surface area contributed by atoms with Crippen LogP contribution in [0.2, 0.25) is 0 Å². The molecule has 1 N–H and O–H groups in total. The third-order valence-electron chi connectivity index (χ3n) is 3.69. The van der Waals surface area contributed by atoms with Crippen molar-refractivity contribution in [2.24, 2.45) is 0 Å². The van der Waals surface area contributed by atoms with Crippen LogP contribution < -0.4 is 11.1 Å². The summed E-state index contributed by atoms with van der Waals surface area (Å²) in [5.41, 5.74) is 1.38. The van der Waals surface area contributed by atoms with Crippen LogP contribution in [-0.4, -0.2) is 19.7 Å². The molecule has 0 aliphatic heterocycles. The lowest BCUT2D eigenvalue weighted by Crippen LogP contribution is -2.05. The zero-order chi connectivity index (χ0) is 16.5. The van der Waals surface area contributed by atoms with Crippen molar-refractivity contribution in [3.05, 3.63) is 87.6 Å². The van der Waals surface area contributed by atoms with Gasteiger partial charge in [-0.05, 0) is 12.1 Å². The summed E-state index contributed by atoms with van der Waals surface area (Å²) in [5.74, 6) is 0. The molecule has 0 amide bonds. The predicted octanol–water partition coefficient (Wildman–Crippen LogP) is 2.14. The van der Waals surface area contributed by atoms with Crippen LogP contribution >= 0.6 is 0 Å². The van der Waals surface area contributed by atoms with Crippen LogP contribution in [0.4, 0.5) is 0 Å². The van der Waals surface area contributed by atoms with Gasteiger partial charge >= 0.3 is 0 Å².